The van der Waals surface area contributed by atoms with Gasteiger partial charge in [0.25, 0.3) is 0 Å². The topological polar surface area (TPSA) is 44.3 Å². The minimum atomic E-state index is -0.188. The second-order valence-electron chi connectivity index (χ2n) is 4.15. The summed E-state index contributed by atoms with van der Waals surface area (Å²) in [6.45, 7) is 2.96. The van der Waals surface area contributed by atoms with E-state index in [0.717, 1.165) is 32.5 Å². The molecule has 0 bridgehead atoms. The van der Waals surface area contributed by atoms with Crippen LogP contribution in [-0.4, -0.2) is 42.1 Å². The number of aliphatic hydroxyl groups excluding tert-OH is 1. The molecular weight excluding hydrogens is 184 g/mol. The van der Waals surface area contributed by atoms with Gasteiger partial charge in [-0.25, -0.2) is 0 Å². The van der Waals surface area contributed by atoms with Gasteiger partial charge in [-0.1, -0.05) is 0 Å². The third-order valence-corrected chi connectivity index (χ3v) is 3.53. The lowest BCUT2D eigenvalue weighted by Crippen LogP contribution is -2.40. The summed E-state index contributed by atoms with van der Waals surface area (Å²) in [7, 11) is 0. The van der Waals surface area contributed by atoms with E-state index in [1.54, 1.807) is 0 Å². The highest BCUT2D eigenvalue weighted by atomic mass is 32.1. The van der Waals surface area contributed by atoms with Crippen LogP contribution < -0.4 is 10.6 Å². The van der Waals surface area contributed by atoms with Gasteiger partial charge in [-0.15, -0.1) is 0 Å². The van der Waals surface area contributed by atoms with E-state index in [1.807, 2.05) is 0 Å². The Morgan fingerprint density at radius 2 is 2.23 bits per heavy atom. The van der Waals surface area contributed by atoms with E-state index in [9.17, 15) is 5.11 Å². The maximum Gasteiger partial charge on any atom is 0.0734 e. The van der Waals surface area contributed by atoms with Crippen LogP contribution >= 0.6 is 12.6 Å². The van der Waals surface area contributed by atoms with Crippen molar-refractivity contribution in [2.24, 2.45) is 5.92 Å². The highest BCUT2D eigenvalue weighted by Crippen LogP contribution is 2.22. The van der Waals surface area contributed by atoms with Crippen molar-refractivity contribution < 1.29 is 5.11 Å². The Balaban J connectivity index is 1.85. The molecule has 3 N–H and O–H groups in total. The van der Waals surface area contributed by atoms with Gasteiger partial charge in [0, 0.05) is 30.3 Å². The Labute approximate surface area is 84.7 Å². The predicted molar refractivity (Wildman–Crippen MR) is 56.2 cm³/mol. The zero-order valence-corrected chi connectivity index (χ0v) is 8.63. The maximum atomic E-state index is 10.0. The molecule has 3 nitrogen and oxygen atoms in total. The molecule has 4 heteroatoms. The lowest BCUT2D eigenvalue weighted by atomic mass is 9.94. The Bertz CT molecular complexity index is 173. The van der Waals surface area contributed by atoms with Gasteiger partial charge in [-0.2, -0.15) is 12.6 Å². The van der Waals surface area contributed by atoms with E-state index in [-0.39, 0.29) is 12.1 Å². The highest BCUT2D eigenvalue weighted by Gasteiger charge is 2.33. The minimum Gasteiger partial charge on any atom is -0.391 e. The van der Waals surface area contributed by atoms with Crippen LogP contribution in [-0.2, 0) is 0 Å². The Morgan fingerprint density at radius 1 is 1.38 bits per heavy atom. The van der Waals surface area contributed by atoms with Crippen LogP contribution in [0.5, 0.6) is 0 Å². The molecule has 0 aromatic carbocycles. The zero-order chi connectivity index (χ0) is 9.26. The molecule has 1 unspecified atom stereocenters. The van der Waals surface area contributed by atoms with Gasteiger partial charge in [0.15, 0.2) is 0 Å². The van der Waals surface area contributed by atoms with Gasteiger partial charge < -0.3 is 15.7 Å². The molecule has 0 radical (unpaired) electrons. The van der Waals surface area contributed by atoms with E-state index < -0.39 is 0 Å². The third kappa shape index (κ3) is 2.18. The molecule has 2 aliphatic rings. The van der Waals surface area contributed by atoms with Gasteiger partial charge >= 0.3 is 0 Å². The fourth-order valence-corrected chi connectivity index (χ4v) is 2.64. The maximum absolute atomic E-state index is 10.0. The van der Waals surface area contributed by atoms with Gasteiger partial charge in [0.1, 0.15) is 0 Å². The molecule has 2 aliphatic heterocycles. The Hall–Kier alpha value is 0.230. The summed E-state index contributed by atoms with van der Waals surface area (Å²) in [6.07, 6.45) is 1.92. The number of hydrogen-bond donors (Lipinski definition) is 4. The standard InChI is InChI=1S/C9H18N2OS/c12-9(6-1-2-10-4-6)8-3-7(13)5-11-8/h6-13H,1-5H2/t6-,7+,8+,9?/m1/s1. The van der Waals surface area contributed by atoms with Crippen LogP contribution in [0.15, 0.2) is 0 Å². The number of hydrogen-bond acceptors (Lipinski definition) is 4. The number of thiol groups is 1. The molecule has 2 fully saturated rings. The minimum absolute atomic E-state index is 0.188. The number of nitrogens with one attached hydrogen (secondary N) is 2. The summed E-state index contributed by atoms with van der Waals surface area (Å²) >= 11 is 4.40. The monoisotopic (exact) mass is 202 g/mol. The van der Waals surface area contributed by atoms with Crippen molar-refractivity contribution in [3.05, 3.63) is 0 Å². The second-order valence-corrected chi connectivity index (χ2v) is 4.88. The lowest BCUT2D eigenvalue weighted by Gasteiger charge is -2.23. The van der Waals surface area contributed by atoms with Crippen LogP contribution in [0.2, 0.25) is 0 Å². The van der Waals surface area contributed by atoms with Crippen molar-refractivity contribution in [2.45, 2.75) is 30.2 Å². The molecule has 2 heterocycles. The largest absolute Gasteiger partial charge is 0.391 e. The molecule has 0 aromatic rings. The average molecular weight is 202 g/mol. The summed E-state index contributed by atoms with van der Waals surface area (Å²) in [4.78, 5) is 0. The average Bonchev–Trinajstić information content (AvgIpc) is 2.72. The molecule has 2 rings (SSSR count). The first-order chi connectivity index (χ1) is 6.27. The summed E-state index contributed by atoms with van der Waals surface area (Å²) in [5.41, 5.74) is 0. The van der Waals surface area contributed by atoms with Crippen molar-refractivity contribution in [2.75, 3.05) is 19.6 Å². The van der Waals surface area contributed by atoms with Crippen LogP contribution in [0.1, 0.15) is 12.8 Å². The molecule has 0 spiro atoms. The van der Waals surface area contributed by atoms with E-state index in [1.165, 1.54) is 0 Å². The first-order valence-electron chi connectivity index (χ1n) is 5.07. The van der Waals surface area contributed by atoms with Gasteiger partial charge in [0.2, 0.25) is 0 Å². The lowest BCUT2D eigenvalue weighted by molar-refractivity contribution is 0.0834. The molecule has 0 saturated carbocycles. The van der Waals surface area contributed by atoms with Crippen LogP contribution in [0.25, 0.3) is 0 Å². The third-order valence-electron chi connectivity index (χ3n) is 3.14. The fraction of sp³-hybridized carbons (Fsp3) is 1.00. The summed E-state index contributed by atoms with van der Waals surface area (Å²) in [5, 5.41) is 17.1. The van der Waals surface area contributed by atoms with Gasteiger partial charge in [-0.05, 0) is 19.4 Å². The normalized spacial score (nSPS) is 42.5. The fourth-order valence-electron chi connectivity index (χ4n) is 2.30. The summed E-state index contributed by atoms with van der Waals surface area (Å²) in [6, 6.07) is 0.271. The quantitative estimate of drug-likeness (QED) is 0.462. The SMILES string of the molecule is OC([C@@H]1CCNC1)[C@@H]1C[C@H](S)CN1. The summed E-state index contributed by atoms with van der Waals surface area (Å²) in [5.74, 6) is 0.441. The van der Waals surface area contributed by atoms with Crippen LogP contribution in [0.3, 0.4) is 0 Å². The number of rotatable bonds is 2. The van der Waals surface area contributed by atoms with Crippen molar-refractivity contribution in [1.29, 1.82) is 0 Å². The smallest absolute Gasteiger partial charge is 0.0734 e. The Morgan fingerprint density at radius 3 is 2.77 bits per heavy atom. The molecule has 0 aliphatic carbocycles. The molecule has 0 aromatic heterocycles. The highest BCUT2D eigenvalue weighted by molar-refractivity contribution is 7.81. The van der Waals surface area contributed by atoms with E-state index in [2.05, 4.69) is 23.3 Å². The predicted octanol–water partition coefficient (Wildman–Crippen LogP) is -0.383. The van der Waals surface area contributed by atoms with E-state index in [4.69, 9.17) is 0 Å². The van der Waals surface area contributed by atoms with Gasteiger partial charge in [0.05, 0.1) is 6.10 Å². The second kappa shape index (κ2) is 4.17. The molecular formula is C9H18N2OS. The van der Waals surface area contributed by atoms with Crippen LogP contribution in [0, 0.1) is 5.92 Å². The van der Waals surface area contributed by atoms with Crippen molar-refractivity contribution >= 4 is 12.6 Å². The van der Waals surface area contributed by atoms with Crippen molar-refractivity contribution in [3.8, 4) is 0 Å². The van der Waals surface area contributed by atoms with Crippen LogP contribution in [0.4, 0.5) is 0 Å². The van der Waals surface area contributed by atoms with E-state index >= 15 is 0 Å². The first-order valence-corrected chi connectivity index (χ1v) is 5.59. The van der Waals surface area contributed by atoms with Crippen molar-refractivity contribution in [1.82, 2.24) is 10.6 Å². The molecule has 76 valence electrons. The molecule has 0 amide bonds. The number of aliphatic hydroxyl groups is 1. The Kier molecular flexibility index (Phi) is 3.14. The molecule has 2 saturated heterocycles. The summed E-state index contributed by atoms with van der Waals surface area (Å²) < 4.78 is 0. The first kappa shape index (κ1) is 9.77. The molecule has 13 heavy (non-hydrogen) atoms. The van der Waals surface area contributed by atoms with Crippen molar-refractivity contribution in [3.63, 3.8) is 0 Å². The van der Waals surface area contributed by atoms with E-state index in [0.29, 0.717) is 11.2 Å². The zero-order valence-electron chi connectivity index (χ0n) is 7.74. The van der Waals surface area contributed by atoms with Gasteiger partial charge in [-0.3, -0.25) is 0 Å². The molecule has 4 atom stereocenters.